The van der Waals surface area contributed by atoms with E-state index in [9.17, 15) is 0 Å². The van der Waals surface area contributed by atoms with Crippen LogP contribution in [0.1, 0.15) is 31.2 Å². The highest BCUT2D eigenvalue weighted by Crippen LogP contribution is 2.28. The Morgan fingerprint density at radius 3 is 2.50 bits per heavy atom. The Morgan fingerprint density at radius 1 is 0.917 bits per heavy atom. The maximum absolute atomic E-state index is 4.77. The minimum absolute atomic E-state index is 0.523. The summed E-state index contributed by atoms with van der Waals surface area (Å²) in [7, 11) is 0. The minimum atomic E-state index is 0.523. The molecule has 1 fully saturated rings. The van der Waals surface area contributed by atoms with Crippen molar-refractivity contribution in [3.63, 3.8) is 0 Å². The molecule has 0 aliphatic heterocycles. The molecule has 1 aliphatic carbocycles. The number of hydrogen-bond donors (Lipinski definition) is 2. The molecule has 3 aromatic rings. The maximum atomic E-state index is 4.77. The fourth-order valence-electron chi connectivity index (χ4n) is 3.34. The second kappa shape index (κ2) is 6.48. The Morgan fingerprint density at radius 2 is 1.67 bits per heavy atom. The summed E-state index contributed by atoms with van der Waals surface area (Å²) in [6.45, 7) is 2.08. The molecule has 1 heterocycles. The Kier molecular flexibility index (Phi) is 4.03. The van der Waals surface area contributed by atoms with Crippen molar-refractivity contribution < 1.29 is 0 Å². The summed E-state index contributed by atoms with van der Waals surface area (Å²) < 4.78 is 0. The van der Waals surface area contributed by atoms with Crippen LogP contribution in [-0.2, 0) is 0 Å². The molecule has 0 bridgehead atoms. The molecular weight excluding hydrogens is 296 g/mol. The van der Waals surface area contributed by atoms with Gasteiger partial charge >= 0.3 is 0 Å². The third kappa shape index (κ3) is 3.04. The predicted molar refractivity (Wildman–Crippen MR) is 99.9 cm³/mol. The van der Waals surface area contributed by atoms with Gasteiger partial charge in [-0.25, -0.2) is 4.98 Å². The summed E-state index contributed by atoms with van der Waals surface area (Å²) in [4.78, 5) is 9.45. The number of anilines is 3. The van der Waals surface area contributed by atoms with E-state index in [0.717, 1.165) is 22.4 Å². The van der Waals surface area contributed by atoms with Crippen LogP contribution in [-0.4, -0.2) is 16.0 Å². The molecule has 0 saturated heterocycles. The van der Waals surface area contributed by atoms with Crippen molar-refractivity contribution in [2.75, 3.05) is 10.6 Å². The lowest BCUT2D eigenvalue weighted by Crippen LogP contribution is -2.16. The van der Waals surface area contributed by atoms with Crippen molar-refractivity contribution >= 4 is 28.4 Å². The zero-order valence-corrected chi connectivity index (χ0v) is 13.9. The molecule has 0 amide bonds. The Labute approximate surface area is 142 Å². The second-order valence-electron chi connectivity index (χ2n) is 6.48. The van der Waals surface area contributed by atoms with Crippen molar-refractivity contribution in [1.82, 2.24) is 9.97 Å². The number of nitrogens with zero attached hydrogens (tertiary/aromatic N) is 2. The molecule has 0 radical (unpaired) electrons. The van der Waals surface area contributed by atoms with Crippen molar-refractivity contribution in [2.24, 2.45) is 0 Å². The van der Waals surface area contributed by atoms with Crippen molar-refractivity contribution in [3.8, 4) is 0 Å². The zero-order valence-electron chi connectivity index (χ0n) is 13.9. The quantitative estimate of drug-likeness (QED) is 0.708. The molecule has 1 aliphatic rings. The van der Waals surface area contributed by atoms with Crippen LogP contribution in [0.15, 0.2) is 48.5 Å². The SMILES string of the molecule is Cc1ccccc1Nc1nc(NC2CCCC2)c2ccccc2n1. The monoisotopic (exact) mass is 318 g/mol. The second-order valence-corrected chi connectivity index (χ2v) is 6.48. The maximum Gasteiger partial charge on any atom is 0.229 e. The summed E-state index contributed by atoms with van der Waals surface area (Å²) in [6, 6.07) is 16.9. The topological polar surface area (TPSA) is 49.8 Å². The average molecular weight is 318 g/mol. The number of aromatic nitrogens is 2. The van der Waals surface area contributed by atoms with Crippen LogP contribution in [0.2, 0.25) is 0 Å². The van der Waals surface area contributed by atoms with E-state index in [-0.39, 0.29) is 0 Å². The van der Waals surface area contributed by atoms with Crippen LogP contribution < -0.4 is 10.6 Å². The highest BCUT2D eigenvalue weighted by Gasteiger charge is 2.17. The molecule has 4 heteroatoms. The lowest BCUT2D eigenvalue weighted by molar-refractivity contribution is 0.752. The third-order valence-corrected chi connectivity index (χ3v) is 4.69. The molecule has 2 N–H and O–H groups in total. The van der Waals surface area contributed by atoms with Gasteiger partial charge in [0.05, 0.1) is 5.52 Å². The number of aryl methyl sites for hydroxylation is 1. The number of fused-ring (bicyclic) bond motifs is 1. The Bertz CT molecular complexity index is 853. The van der Waals surface area contributed by atoms with Crippen LogP contribution in [0.5, 0.6) is 0 Å². The lowest BCUT2D eigenvalue weighted by atomic mass is 10.2. The molecule has 0 spiro atoms. The third-order valence-electron chi connectivity index (χ3n) is 4.69. The molecule has 24 heavy (non-hydrogen) atoms. The highest BCUT2D eigenvalue weighted by molar-refractivity contribution is 5.90. The molecule has 1 aromatic heterocycles. The standard InChI is InChI=1S/C20H22N4/c1-14-8-2-6-12-17(14)22-20-23-18-13-7-5-11-16(18)19(24-20)21-15-9-3-4-10-15/h2,5-8,11-13,15H,3-4,9-10H2,1H3,(H2,21,22,23,24). The Balaban J connectivity index is 1.72. The van der Waals surface area contributed by atoms with Gasteiger partial charge in [-0.1, -0.05) is 43.2 Å². The van der Waals surface area contributed by atoms with E-state index >= 15 is 0 Å². The van der Waals surface area contributed by atoms with E-state index in [1.165, 1.54) is 31.2 Å². The highest BCUT2D eigenvalue weighted by atomic mass is 15.2. The molecule has 0 atom stereocenters. The van der Waals surface area contributed by atoms with Gasteiger partial charge in [-0.05, 0) is 43.5 Å². The number of rotatable bonds is 4. The molecule has 2 aromatic carbocycles. The summed E-state index contributed by atoms with van der Waals surface area (Å²) in [5, 5.41) is 8.08. The van der Waals surface area contributed by atoms with Gasteiger partial charge in [-0.3, -0.25) is 0 Å². The van der Waals surface area contributed by atoms with Gasteiger partial charge in [-0.15, -0.1) is 0 Å². The van der Waals surface area contributed by atoms with E-state index in [1.807, 2.05) is 30.3 Å². The predicted octanol–water partition coefficient (Wildman–Crippen LogP) is 5.04. The van der Waals surface area contributed by atoms with Crippen LogP contribution >= 0.6 is 0 Å². The van der Waals surface area contributed by atoms with Gasteiger partial charge in [0.1, 0.15) is 5.82 Å². The van der Waals surface area contributed by atoms with Crippen molar-refractivity contribution in [2.45, 2.75) is 38.6 Å². The van der Waals surface area contributed by atoms with Crippen LogP contribution in [0.4, 0.5) is 17.5 Å². The zero-order chi connectivity index (χ0) is 16.4. The van der Waals surface area contributed by atoms with Gasteiger partial charge in [0.2, 0.25) is 5.95 Å². The molecule has 1 saturated carbocycles. The number of hydrogen-bond acceptors (Lipinski definition) is 4. The van der Waals surface area contributed by atoms with Crippen LogP contribution in [0.3, 0.4) is 0 Å². The molecule has 4 nitrogen and oxygen atoms in total. The first kappa shape index (κ1) is 14.9. The van der Waals surface area contributed by atoms with E-state index < -0.39 is 0 Å². The fraction of sp³-hybridized carbons (Fsp3) is 0.300. The summed E-state index contributed by atoms with van der Waals surface area (Å²) in [5.41, 5.74) is 3.18. The van der Waals surface area contributed by atoms with Crippen LogP contribution in [0, 0.1) is 6.92 Å². The Hall–Kier alpha value is -2.62. The van der Waals surface area contributed by atoms with E-state index in [4.69, 9.17) is 4.98 Å². The molecule has 4 rings (SSSR count). The summed E-state index contributed by atoms with van der Waals surface area (Å²) >= 11 is 0. The average Bonchev–Trinajstić information content (AvgIpc) is 3.10. The number of benzene rings is 2. The molecule has 122 valence electrons. The smallest absolute Gasteiger partial charge is 0.229 e. The largest absolute Gasteiger partial charge is 0.367 e. The minimum Gasteiger partial charge on any atom is -0.367 e. The fourth-order valence-corrected chi connectivity index (χ4v) is 3.34. The van der Waals surface area contributed by atoms with E-state index in [0.29, 0.717) is 12.0 Å². The molecular formula is C20H22N4. The summed E-state index contributed by atoms with van der Waals surface area (Å²) in [5.74, 6) is 1.58. The first-order valence-corrected chi connectivity index (χ1v) is 8.65. The normalized spacial score (nSPS) is 14.9. The summed E-state index contributed by atoms with van der Waals surface area (Å²) in [6.07, 6.45) is 5.04. The van der Waals surface area contributed by atoms with E-state index in [1.54, 1.807) is 0 Å². The van der Waals surface area contributed by atoms with Gasteiger partial charge in [0.15, 0.2) is 0 Å². The first-order chi connectivity index (χ1) is 11.8. The van der Waals surface area contributed by atoms with E-state index in [2.05, 4.69) is 40.7 Å². The first-order valence-electron chi connectivity index (χ1n) is 8.65. The van der Waals surface area contributed by atoms with Gasteiger partial charge in [-0.2, -0.15) is 4.98 Å². The van der Waals surface area contributed by atoms with Crippen molar-refractivity contribution in [3.05, 3.63) is 54.1 Å². The van der Waals surface area contributed by atoms with Crippen LogP contribution in [0.25, 0.3) is 10.9 Å². The van der Waals surface area contributed by atoms with Crippen molar-refractivity contribution in [1.29, 1.82) is 0 Å². The van der Waals surface area contributed by atoms with Gasteiger partial charge < -0.3 is 10.6 Å². The van der Waals surface area contributed by atoms with Gasteiger partial charge in [0.25, 0.3) is 0 Å². The van der Waals surface area contributed by atoms with Gasteiger partial charge in [0, 0.05) is 17.1 Å². The molecule has 0 unspecified atom stereocenters. The number of para-hydroxylation sites is 2. The number of nitrogens with one attached hydrogen (secondary N) is 2. The lowest BCUT2D eigenvalue weighted by Gasteiger charge is -2.16.